The molecule has 0 saturated heterocycles. The summed E-state index contributed by atoms with van der Waals surface area (Å²) in [5, 5.41) is 10.3. The zero-order valence-electron chi connectivity index (χ0n) is 9.22. The molecule has 3 rings (SSSR count). The number of rotatable bonds is 2. The predicted molar refractivity (Wildman–Crippen MR) is 76.4 cm³/mol. The summed E-state index contributed by atoms with van der Waals surface area (Å²) in [6.07, 6.45) is 1.86. The van der Waals surface area contributed by atoms with E-state index < -0.39 is 0 Å². The van der Waals surface area contributed by atoms with Gasteiger partial charge in [-0.25, -0.2) is 4.98 Å². The third-order valence-corrected chi connectivity index (χ3v) is 4.36. The molecule has 0 spiro atoms. The average Bonchev–Trinajstić information content (AvgIpc) is 2.80. The Bertz CT molecular complexity index is 759. The van der Waals surface area contributed by atoms with Crippen LogP contribution < -0.4 is 0 Å². The zero-order valence-corrected chi connectivity index (χ0v) is 12.3. The van der Waals surface area contributed by atoms with Gasteiger partial charge in [-0.2, -0.15) is 0 Å². The number of aromatic nitrogens is 4. The lowest BCUT2D eigenvalue weighted by Gasteiger charge is -2.03. The largest absolute Gasteiger partial charge is 0.277 e. The third-order valence-electron chi connectivity index (χ3n) is 2.32. The van der Waals surface area contributed by atoms with Crippen molar-refractivity contribution in [3.63, 3.8) is 0 Å². The summed E-state index contributed by atoms with van der Waals surface area (Å²) in [6.45, 7) is 0. The molecule has 0 bridgehead atoms. The molecule has 3 heterocycles. The van der Waals surface area contributed by atoms with Crippen molar-refractivity contribution in [3.05, 3.63) is 45.7 Å². The standard InChI is InChI=1S/C11H5Cl3N4S/c12-6-5-7(13)10(15-9(6)14)19-11-17-16-8-3-1-2-4-18(8)11/h1-5H. The van der Waals surface area contributed by atoms with E-state index in [0.717, 1.165) is 5.65 Å². The fraction of sp³-hybridized carbons (Fsp3) is 0. The van der Waals surface area contributed by atoms with Crippen molar-refractivity contribution >= 4 is 52.2 Å². The average molecular weight is 332 g/mol. The fourth-order valence-corrected chi connectivity index (χ4v) is 2.94. The smallest absolute Gasteiger partial charge is 0.201 e. The van der Waals surface area contributed by atoms with E-state index in [-0.39, 0.29) is 5.15 Å². The Balaban J connectivity index is 2.04. The Hall–Kier alpha value is -1.01. The Labute approximate surface area is 127 Å². The lowest BCUT2D eigenvalue weighted by atomic mass is 10.5. The highest BCUT2D eigenvalue weighted by Gasteiger charge is 2.13. The molecule has 0 fully saturated rings. The molecule has 3 aromatic rings. The van der Waals surface area contributed by atoms with Crippen molar-refractivity contribution in [2.24, 2.45) is 0 Å². The molecule has 0 aliphatic rings. The van der Waals surface area contributed by atoms with Gasteiger partial charge in [-0.05, 0) is 30.0 Å². The van der Waals surface area contributed by atoms with Gasteiger partial charge in [0.25, 0.3) is 0 Å². The molecular formula is C11H5Cl3N4S. The highest BCUT2D eigenvalue weighted by atomic mass is 35.5. The van der Waals surface area contributed by atoms with Gasteiger partial charge in [0.2, 0.25) is 5.16 Å². The molecule has 0 aromatic carbocycles. The molecule has 0 unspecified atom stereocenters. The van der Waals surface area contributed by atoms with Crippen LogP contribution in [0.15, 0.2) is 40.6 Å². The van der Waals surface area contributed by atoms with Crippen LogP contribution >= 0.6 is 46.6 Å². The van der Waals surface area contributed by atoms with Crippen molar-refractivity contribution < 1.29 is 0 Å². The number of hydrogen-bond donors (Lipinski definition) is 0. The number of halogens is 3. The van der Waals surface area contributed by atoms with Crippen LogP contribution in [0, 0.1) is 0 Å². The molecule has 19 heavy (non-hydrogen) atoms. The van der Waals surface area contributed by atoms with E-state index in [1.54, 1.807) is 6.07 Å². The molecule has 0 aliphatic carbocycles. The summed E-state index contributed by atoms with van der Waals surface area (Å²) in [5.41, 5.74) is 0.751. The van der Waals surface area contributed by atoms with Crippen LogP contribution in [0.4, 0.5) is 0 Å². The van der Waals surface area contributed by atoms with Crippen LogP contribution in [-0.4, -0.2) is 19.6 Å². The van der Waals surface area contributed by atoms with Gasteiger partial charge in [-0.3, -0.25) is 4.40 Å². The number of hydrogen-bond acceptors (Lipinski definition) is 4. The van der Waals surface area contributed by atoms with E-state index >= 15 is 0 Å². The predicted octanol–water partition coefficient (Wildman–Crippen LogP) is 4.24. The normalized spacial score (nSPS) is 11.1. The molecule has 96 valence electrons. The lowest BCUT2D eigenvalue weighted by molar-refractivity contribution is 0.917. The summed E-state index contributed by atoms with van der Waals surface area (Å²) < 4.78 is 1.84. The maximum atomic E-state index is 6.09. The number of nitrogens with zero attached hydrogens (tertiary/aromatic N) is 4. The van der Waals surface area contributed by atoms with Crippen LogP contribution in [-0.2, 0) is 0 Å². The van der Waals surface area contributed by atoms with E-state index in [9.17, 15) is 0 Å². The monoisotopic (exact) mass is 330 g/mol. The van der Waals surface area contributed by atoms with E-state index in [4.69, 9.17) is 34.8 Å². The van der Waals surface area contributed by atoms with Crippen LogP contribution in [0.3, 0.4) is 0 Å². The van der Waals surface area contributed by atoms with E-state index in [1.165, 1.54) is 11.8 Å². The van der Waals surface area contributed by atoms with Gasteiger partial charge in [0, 0.05) is 6.20 Å². The quantitative estimate of drug-likeness (QED) is 0.659. The highest BCUT2D eigenvalue weighted by Crippen LogP contribution is 2.34. The highest BCUT2D eigenvalue weighted by molar-refractivity contribution is 7.99. The van der Waals surface area contributed by atoms with Gasteiger partial charge in [-0.15, -0.1) is 10.2 Å². The van der Waals surface area contributed by atoms with Crippen LogP contribution in [0.2, 0.25) is 15.2 Å². The Morgan fingerprint density at radius 1 is 1.05 bits per heavy atom. The summed E-state index contributed by atoms with van der Waals surface area (Å²) >= 11 is 19.1. The van der Waals surface area contributed by atoms with Gasteiger partial charge in [0.15, 0.2) is 5.65 Å². The molecule has 8 heteroatoms. The van der Waals surface area contributed by atoms with Crippen LogP contribution in [0.25, 0.3) is 5.65 Å². The van der Waals surface area contributed by atoms with Crippen molar-refractivity contribution in [2.75, 3.05) is 0 Å². The first kappa shape index (κ1) is 13.0. The first-order valence-electron chi connectivity index (χ1n) is 5.14. The van der Waals surface area contributed by atoms with Gasteiger partial charge in [0.1, 0.15) is 10.2 Å². The Morgan fingerprint density at radius 3 is 2.74 bits per heavy atom. The second kappa shape index (κ2) is 5.17. The summed E-state index contributed by atoms with van der Waals surface area (Å²) in [5.74, 6) is 0. The van der Waals surface area contributed by atoms with Gasteiger partial charge >= 0.3 is 0 Å². The van der Waals surface area contributed by atoms with Crippen LogP contribution in [0.1, 0.15) is 0 Å². The molecule has 3 aromatic heterocycles. The third kappa shape index (κ3) is 2.51. The zero-order chi connectivity index (χ0) is 13.4. The topological polar surface area (TPSA) is 43.1 Å². The van der Waals surface area contributed by atoms with Gasteiger partial charge in [-0.1, -0.05) is 40.9 Å². The SMILES string of the molecule is Clc1cc(Cl)c(Sc2nnc3ccccn23)nc1Cl. The van der Waals surface area contributed by atoms with E-state index in [1.807, 2.05) is 28.8 Å². The van der Waals surface area contributed by atoms with Gasteiger partial charge < -0.3 is 0 Å². The van der Waals surface area contributed by atoms with Crippen molar-refractivity contribution in [1.82, 2.24) is 19.6 Å². The van der Waals surface area contributed by atoms with Crippen molar-refractivity contribution in [1.29, 1.82) is 0 Å². The molecule has 0 atom stereocenters. The molecule has 0 radical (unpaired) electrons. The van der Waals surface area contributed by atoms with Crippen molar-refractivity contribution in [3.8, 4) is 0 Å². The minimum atomic E-state index is 0.211. The molecular weight excluding hydrogens is 327 g/mol. The number of pyridine rings is 2. The maximum Gasteiger partial charge on any atom is 0.201 e. The van der Waals surface area contributed by atoms with Crippen molar-refractivity contribution in [2.45, 2.75) is 10.2 Å². The maximum absolute atomic E-state index is 6.09. The molecule has 0 amide bonds. The minimum Gasteiger partial charge on any atom is -0.277 e. The Kier molecular flexibility index (Phi) is 3.54. The fourth-order valence-electron chi connectivity index (χ4n) is 1.48. The van der Waals surface area contributed by atoms with E-state index in [0.29, 0.717) is 20.2 Å². The lowest BCUT2D eigenvalue weighted by Crippen LogP contribution is -1.89. The Morgan fingerprint density at radius 2 is 1.89 bits per heavy atom. The first-order valence-corrected chi connectivity index (χ1v) is 7.09. The minimum absolute atomic E-state index is 0.211. The number of fused-ring (bicyclic) bond motifs is 1. The summed E-state index contributed by atoms with van der Waals surface area (Å²) in [4.78, 5) is 4.14. The molecule has 0 saturated carbocycles. The van der Waals surface area contributed by atoms with Gasteiger partial charge in [0.05, 0.1) is 10.0 Å². The molecule has 0 aliphatic heterocycles. The van der Waals surface area contributed by atoms with E-state index in [2.05, 4.69) is 15.2 Å². The summed E-state index contributed by atoms with van der Waals surface area (Å²) in [6, 6.07) is 7.21. The second-order valence-electron chi connectivity index (χ2n) is 3.56. The molecule has 0 N–H and O–H groups in total. The van der Waals surface area contributed by atoms with Crippen LogP contribution in [0.5, 0.6) is 0 Å². The second-order valence-corrected chi connectivity index (χ2v) is 5.69. The summed E-state index contributed by atoms with van der Waals surface area (Å²) in [7, 11) is 0. The molecule has 4 nitrogen and oxygen atoms in total. The first-order chi connectivity index (χ1) is 9.15.